The highest BCUT2D eigenvalue weighted by molar-refractivity contribution is 5.80. The molecule has 1 atom stereocenters. The number of nitrogens with one attached hydrogen (secondary N) is 1. The molecule has 7 heteroatoms. The summed E-state index contributed by atoms with van der Waals surface area (Å²) < 4.78 is 26.5. The molecule has 0 spiro atoms. The molecule has 1 saturated heterocycles. The molecule has 1 fully saturated rings. The van der Waals surface area contributed by atoms with E-state index >= 15 is 0 Å². The van der Waals surface area contributed by atoms with E-state index in [1.54, 1.807) is 31.2 Å². The van der Waals surface area contributed by atoms with Crippen molar-refractivity contribution in [3.63, 3.8) is 0 Å². The van der Waals surface area contributed by atoms with Crippen molar-refractivity contribution in [2.45, 2.75) is 19.4 Å². The number of hydrogen-bond acceptors (Lipinski definition) is 2. The first-order chi connectivity index (χ1) is 12.8. The van der Waals surface area contributed by atoms with Crippen LogP contribution in [-0.4, -0.2) is 35.1 Å². The summed E-state index contributed by atoms with van der Waals surface area (Å²) in [6.45, 7) is 2.04. The van der Waals surface area contributed by atoms with Crippen molar-refractivity contribution in [2.75, 3.05) is 13.1 Å². The molecule has 3 rings (SSSR count). The van der Waals surface area contributed by atoms with Crippen molar-refractivity contribution in [2.24, 2.45) is 5.41 Å². The van der Waals surface area contributed by atoms with Gasteiger partial charge < -0.3 is 15.3 Å². The van der Waals surface area contributed by atoms with Crippen LogP contribution in [0.3, 0.4) is 0 Å². The second kappa shape index (κ2) is 7.34. The number of benzene rings is 2. The summed E-state index contributed by atoms with van der Waals surface area (Å²) >= 11 is 0. The molecule has 142 valence electrons. The number of carbonyl (C=O) groups is 2. The van der Waals surface area contributed by atoms with E-state index in [-0.39, 0.29) is 6.54 Å². The Morgan fingerprint density at radius 2 is 1.52 bits per heavy atom. The molecule has 2 N–H and O–H groups in total. The fraction of sp³-hybridized carbons (Fsp3) is 0.300. The number of carboxylic acid groups (broad SMARTS) is 1. The molecular formula is C20H20F2N2O3. The van der Waals surface area contributed by atoms with Crippen molar-refractivity contribution in [1.82, 2.24) is 10.2 Å². The average molecular weight is 374 g/mol. The highest BCUT2D eigenvalue weighted by Gasteiger charge is 2.42. The molecule has 2 amide bonds. The molecule has 1 aliphatic heterocycles. The molecule has 2 aromatic carbocycles. The number of halogens is 2. The van der Waals surface area contributed by atoms with Crippen molar-refractivity contribution < 1.29 is 23.5 Å². The van der Waals surface area contributed by atoms with Crippen LogP contribution in [0.5, 0.6) is 0 Å². The molecule has 0 radical (unpaired) electrons. The molecule has 0 saturated carbocycles. The lowest BCUT2D eigenvalue weighted by Crippen LogP contribution is -2.42. The third kappa shape index (κ3) is 4.07. The number of likely N-dealkylation sites (tertiary alicyclic amines) is 1. The first kappa shape index (κ1) is 18.8. The van der Waals surface area contributed by atoms with Crippen LogP contribution in [0.25, 0.3) is 0 Å². The van der Waals surface area contributed by atoms with Gasteiger partial charge in [-0.25, -0.2) is 13.6 Å². The van der Waals surface area contributed by atoms with Gasteiger partial charge in [0.05, 0.1) is 11.5 Å². The quantitative estimate of drug-likeness (QED) is 0.860. The zero-order valence-electron chi connectivity index (χ0n) is 14.8. The predicted molar refractivity (Wildman–Crippen MR) is 95.1 cm³/mol. The van der Waals surface area contributed by atoms with E-state index in [0.29, 0.717) is 24.1 Å². The van der Waals surface area contributed by atoms with Crippen molar-refractivity contribution in [1.29, 1.82) is 0 Å². The standard InChI is InChI=1S/C20H20F2N2O3/c1-20(18(25)26)10-11-24(12-20)19(27)23-17(13-2-6-15(21)7-3-13)14-4-8-16(22)9-5-14/h2-9,17H,10-12H2,1H3,(H,23,27)(H,25,26). The number of carbonyl (C=O) groups excluding carboxylic acids is 1. The summed E-state index contributed by atoms with van der Waals surface area (Å²) in [5.74, 6) is -1.74. The largest absolute Gasteiger partial charge is 0.481 e. The normalized spacial score (nSPS) is 19.3. The maximum Gasteiger partial charge on any atom is 0.318 e. The monoisotopic (exact) mass is 374 g/mol. The first-order valence-corrected chi connectivity index (χ1v) is 8.58. The third-order valence-electron chi connectivity index (χ3n) is 4.95. The number of hydrogen-bond donors (Lipinski definition) is 2. The Labute approximate surface area is 155 Å². The van der Waals surface area contributed by atoms with Gasteiger partial charge in [0.15, 0.2) is 0 Å². The van der Waals surface area contributed by atoms with Crippen molar-refractivity contribution >= 4 is 12.0 Å². The molecule has 1 unspecified atom stereocenters. The van der Waals surface area contributed by atoms with E-state index in [1.165, 1.54) is 29.2 Å². The fourth-order valence-electron chi connectivity index (χ4n) is 3.19. The Morgan fingerprint density at radius 3 is 1.93 bits per heavy atom. The van der Waals surface area contributed by atoms with Gasteiger partial charge in [0.2, 0.25) is 0 Å². The van der Waals surface area contributed by atoms with Crippen molar-refractivity contribution in [3.05, 3.63) is 71.3 Å². The number of aliphatic carboxylic acids is 1. The Hall–Kier alpha value is -2.96. The molecule has 1 aliphatic rings. The van der Waals surface area contributed by atoms with Gasteiger partial charge in [0, 0.05) is 13.1 Å². The van der Waals surface area contributed by atoms with E-state index in [9.17, 15) is 23.5 Å². The molecule has 2 aromatic rings. The van der Waals surface area contributed by atoms with Crippen LogP contribution in [0.4, 0.5) is 13.6 Å². The molecule has 5 nitrogen and oxygen atoms in total. The zero-order valence-corrected chi connectivity index (χ0v) is 14.8. The molecular weight excluding hydrogens is 354 g/mol. The number of rotatable bonds is 4. The second-order valence-corrected chi connectivity index (χ2v) is 7.02. The maximum atomic E-state index is 13.3. The van der Waals surface area contributed by atoms with Crippen LogP contribution < -0.4 is 5.32 Å². The molecule has 0 bridgehead atoms. The van der Waals surface area contributed by atoms with Gasteiger partial charge in [0.25, 0.3) is 0 Å². The van der Waals surface area contributed by atoms with Gasteiger partial charge in [0.1, 0.15) is 11.6 Å². The van der Waals surface area contributed by atoms with E-state index in [1.807, 2.05) is 0 Å². The predicted octanol–water partition coefficient (Wildman–Crippen LogP) is 3.56. The highest BCUT2D eigenvalue weighted by atomic mass is 19.1. The van der Waals surface area contributed by atoms with E-state index in [4.69, 9.17) is 0 Å². The Morgan fingerprint density at radius 1 is 1.04 bits per heavy atom. The highest BCUT2D eigenvalue weighted by Crippen LogP contribution is 2.31. The minimum Gasteiger partial charge on any atom is -0.481 e. The van der Waals surface area contributed by atoms with Crippen LogP contribution in [0.2, 0.25) is 0 Å². The Bertz CT molecular complexity index is 794. The van der Waals surface area contributed by atoms with Gasteiger partial charge in [-0.1, -0.05) is 24.3 Å². The van der Waals surface area contributed by atoms with Crippen LogP contribution in [0.1, 0.15) is 30.5 Å². The maximum absolute atomic E-state index is 13.3. The Kier molecular flexibility index (Phi) is 5.12. The van der Waals surface area contributed by atoms with Gasteiger partial charge in [-0.05, 0) is 48.7 Å². The number of carboxylic acids is 1. The van der Waals surface area contributed by atoms with Gasteiger partial charge in [-0.15, -0.1) is 0 Å². The van der Waals surface area contributed by atoms with Crippen molar-refractivity contribution in [3.8, 4) is 0 Å². The minimum atomic E-state index is -0.974. The van der Waals surface area contributed by atoms with Gasteiger partial charge in [-0.2, -0.15) is 0 Å². The summed E-state index contributed by atoms with van der Waals surface area (Å²) in [5, 5.41) is 12.2. The van der Waals surface area contributed by atoms with Gasteiger partial charge in [-0.3, -0.25) is 4.79 Å². The molecule has 27 heavy (non-hydrogen) atoms. The van der Waals surface area contributed by atoms with Crippen LogP contribution in [0, 0.1) is 17.0 Å². The lowest BCUT2D eigenvalue weighted by molar-refractivity contribution is -0.147. The molecule has 1 heterocycles. The second-order valence-electron chi connectivity index (χ2n) is 7.02. The SMILES string of the molecule is CC1(C(=O)O)CCN(C(=O)NC(c2ccc(F)cc2)c2ccc(F)cc2)C1. The number of nitrogens with zero attached hydrogens (tertiary/aromatic N) is 1. The molecule has 0 aliphatic carbocycles. The smallest absolute Gasteiger partial charge is 0.318 e. The molecule has 0 aromatic heterocycles. The lowest BCUT2D eigenvalue weighted by atomic mass is 9.90. The van der Waals surface area contributed by atoms with Crippen LogP contribution in [0.15, 0.2) is 48.5 Å². The van der Waals surface area contributed by atoms with Crippen LogP contribution in [-0.2, 0) is 4.79 Å². The first-order valence-electron chi connectivity index (χ1n) is 8.58. The average Bonchev–Trinajstić information content (AvgIpc) is 3.05. The lowest BCUT2D eigenvalue weighted by Gasteiger charge is -2.25. The minimum absolute atomic E-state index is 0.105. The summed E-state index contributed by atoms with van der Waals surface area (Å²) in [4.78, 5) is 25.6. The van der Waals surface area contributed by atoms with Gasteiger partial charge >= 0.3 is 12.0 Å². The van der Waals surface area contributed by atoms with Crippen LogP contribution >= 0.6 is 0 Å². The van der Waals surface area contributed by atoms with E-state index in [2.05, 4.69) is 5.32 Å². The summed E-state index contributed by atoms with van der Waals surface area (Å²) in [5.41, 5.74) is 0.298. The fourth-order valence-corrected chi connectivity index (χ4v) is 3.19. The summed E-state index contributed by atoms with van der Waals surface area (Å²) in [6.07, 6.45) is 0.369. The number of amides is 2. The Balaban J connectivity index is 1.83. The summed E-state index contributed by atoms with van der Waals surface area (Å²) in [6, 6.07) is 10.3. The van der Waals surface area contributed by atoms with E-state index < -0.39 is 35.1 Å². The van der Waals surface area contributed by atoms with E-state index in [0.717, 1.165) is 0 Å². The number of urea groups is 1. The zero-order chi connectivity index (χ0) is 19.6. The third-order valence-corrected chi connectivity index (χ3v) is 4.95. The summed E-state index contributed by atoms with van der Waals surface area (Å²) in [7, 11) is 0. The topological polar surface area (TPSA) is 69.6 Å².